The van der Waals surface area contributed by atoms with Crippen molar-refractivity contribution in [1.29, 1.82) is 0 Å². The summed E-state index contributed by atoms with van der Waals surface area (Å²) in [5, 5.41) is 0.829. The van der Waals surface area contributed by atoms with Crippen LogP contribution in [0.1, 0.15) is 11.3 Å². The van der Waals surface area contributed by atoms with Gasteiger partial charge < -0.3 is 0 Å². The lowest BCUT2D eigenvalue weighted by atomic mass is 10.1. The normalized spacial score (nSPS) is 9.82. The molecule has 0 unspecified atom stereocenters. The predicted octanol–water partition coefficient (Wildman–Crippen LogP) is 4.10. The number of hydrogen-bond donors (Lipinski definition) is 0. The number of rotatable bonds is 2. The maximum Gasteiger partial charge on any atom is 0.188 e. The third-order valence-electron chi connectivity index (χ3n) is 2.36. The molecule has 2 rings (SSSR count). The molecule has 0 bridgehead atoms. The van der Waals surface area contributed by atoms with E-state index in [1.54, 1.807) is 11.8 Å². The monoisotopic (exact) mass is 358 g/mol. The van der Waals surface area contributed by atoms with Gasteiger partial charge in [-0.25, -0.2) is 9.97 Å². The summed E-state index contributed by atoms with van der Waals surface area (Å²) in [6.45, 7) is 4.08. The molecule has 17 heavy (non-hydrogen) atoms. The fraction of sp³-hybridized carbons (Fsp3) is 0.231. The van der Waals surface area contributed by atoms with E-state index >= 15 is 0 Å². The van der Waals surface area contributed by atoms with Gasteiger partial charge in [-0.15, -0.1) is 24.0 Å². The molecule has 0 aliphatic carbocycles. The Morgan fingerprint density at radius 3 is 2.24 bits per heavy atom. The van der Waals surface area contributed by atoms with E-state index < -0.39 is 0 Å². The van der Waals surface area contributed by atoms with Gasteiger partial charge in [-0.2, -0.15) is 0 Å². The molecule has 0 fully saturated rings. The highest BCUT2D eigenvalue weighted by atomic mass is 127. The molecule has 2 aromatic rings. The van der Waals surface area contributed by atoms with Crippen LogP contribution < -0.4 is 0 Å². The molecule has 0 radical (unpaired) electrons. The molecule has 1 heterocycles. The van der Waals surface area contributed by atoms with E-state index in [4.69, 9.17) is 0 Å². The molecule has 0 atom stereocenters. The van der Waals surface area contributed by atoms with Crippen molar-refractivity contribution < 1.29 is 0 Å². The van der Waals surface area contributed by atoms with E-state index in [0.717, 1.165) is 22.1 Å². The van der Waals surface area contributed by atoms with Crippen LogP contribution in [0.15, 0.2) is 35.5 Å². The quantitative estimate of drug-likeness (QED) is 0.459. The average Bonchev–Trinajstić information content (AvgIpc) is 2.29. The Morgan fingerprint density at radius 1 is 1.00 bits per heavy atom. The second-order valence-electron chi connectivity index (χ2n) is 3.75. The van der Waals surface area contributed by atoms with Crippen LogP contribution in [0.2, 0.25) is 0 Å². The van der Waals surface area contributed by atoms with Crippen LogP contribution in [0.4, 0.5) is 0 Å². The van der Waals surface area contributed by atoms with Crippen LogP contribution >= 0.6 is 35.7 Å². The molecule has 1 aromatic heterocycles. The first-order valence-electron chi connectivity index (χ1n) is 5.16. The van der Waals surface area contributed by atoms with E-state index in [2.05, 4.69) is 41.2 Å². The lowest BCUT2D eigenvalue weighted by Crippen LogP contribution is -1.92. The first-order chi connectivity index (χ1) is 7.69. The predicted molar refractivity (Wildman–Crippen MR) is 84.1 cm³/mol. The molecule has 1 aromatic carbocycles. The zero-order valence-electron chi connectivity index (χ0n) is 10.1. The van der Waals surface area contributed by atoms with Gasteiger partial charge in [0.2, 0.25) is 0 Å². The molecule has 90 valence electrons. The topological polar surface area (TPSA) is 25.8 Å². The average molecular weight is 358 g/mol. The van der Waals surface area contributed by atoms with Gasteiger partial charge >= 0.3 is 0 Å². The van der Waals surface area contributed by atoms with Crippen LogP contribution in [0, 0.1) is 13.8 Å². The van der Waals surface area contributed by atoms with Gasteiger partial charge in [0, 0.05) is 11.3 Å². The fourth-order valence-electron chi connectivity index (χ4n) is 1.50. The molecule has 0 saturated heterocycles. The number of aryl methyl sites for hydroxylation is 2. The van der Waals surface area contributed by atoms with Crippen molar-refractivity contribution in [3.05, 3.63) is 41.6 Å². The zero-order valence-corrected chi connectivity index (χ0v) is 13.2. The fourth-order valence-corrected chi connectivity index (χ4v) is 1.93. The van der Waals surface area contributed by atoms with Gasteiger partial charge in [-0.3, -0.25) is 0 Å². The lowest BCUT2D eigenvalue weighted by Gasteiger charge is -2.04. The van der Waals surface area contributed by atoms with E-state index in [1.165, 1.54) is 5.56 Å². The molecular weight excluding hydrogens is 343 g/mol. The van der Waals surface area contributed by atoms with Crippen LogP contribution in [0.5, 0.6) is 0 Å². The molecule has 0 spiro atoms. The third kappa shape index (κ3) is 3.67. The SMILES string of the molecule is CSc1nc(C)cc(-c2ccc(C)cc2)n1.I. The smallest absolute Gasteiger partial charge is 0.188 e. The highest BCUT2D eigenvalue weighted by Gasteiger charge is 2.03. The van der Waals surface area contributed by atoms with E-state index in [-0.39, 0.29) is 24.0 Å². The standard InChI is InChI=1S/C13H14N2S.HI/c1-9-4-6-11(7-5-9)12-8-10(2)14-13(15-12)16-3;/h4-8H,1-3H3;1H. The van der Waals surface area contributed by atoms with Crippen molar-refractivity contribution >= 4 is 35.7 Å². The Labute approximate surface area is 123 Å². The summed E-state index contributed by atoms with van der Waals surface area (Å²) in [6, 6.07) is 10.4. The number of halogens is 1. The number of nitrogens with zero attached hydrogens (tertiary/aromatic N) is 2. The molecular formula is C13H15IN2S. The largest absolute Gasteiger partial charge is 0.228 e. The maximum atomic E-state index is 4.50. The summed E-state index contributed by atoms with van der Waals surface area (Å²) in [7, 11) is 0. The Hall–Kier alpha value is -0.620. The summed E-state index contributed by atoms with van der Waals surface area (Å²) < 4.78 is 0. The summed E-state index contributed by atoms with van der Waals surface area (Å²) in [5.74, 6) is 0. The minimum Gasteiger partial charge on any atom is -0.228 e. The molecule has 2 nitrogen and oxygen atoms in total. The molecule has 0 aliphatic rings. The third-order valence-corrected chi connectivity index (χ3v) is 2.91. The minimum absolute atomic E-state index is 0. The van der Waals surface area contributed by atoms with Crippen LogP contribution in [0.3, 0.4) is 0 Å². The lowest BCUT2D eigenvalue weighted by molar-refractivity contribution is 0.941. The van der Waals surface area contributed by atoms with Crippen molar-refractivity contribution in [2.75, 3.05) is 6.26 Å². The maximum absolute atomic E-state index is 4.50. The van der Waals surface area contributed by atoms with Gasteiger partial charge in [0.05, 0.1) is 5.69 Å². The first kappa shape index (κ1) is 14.4. The Kier molecular flexibility index (Phi) is 5.39. The first-order valence-corrected chi connectivity index (χ1v) is 6.38. The van der Waals surface area contributed by atoms with Crippen LogP contribution in [-0.4, -0.2) is 16.2 Å². The van der Waals surface area contributed by atoms with E-state index in [1.807, 2.05) is 19.2 Å². The molecule has 4 heteroatoms. The highest BCUT2D eigenvalue weighted by molar-refractivity contribution is 14.0. The van der Waals surface area contributed by atoms with Crippen molar-refractivity contribution in [3.63, 3.8) is 0 Å². The van der Waals surface area contributed by atoms with Crippen LogP contribution in [0.25, 0.3) is 11.3 Å². The van der Waals surface area contributed by atoms with Gasteiger partial charge in [-0.1, -0.05) is 41.6 Å². The second kappa shape index (κ2) is 6.35. The van der Waals surface area contributed by atoms with Gasteiger partial charge in [0.1, 0.15) is 0 Å². The van der Waals surface area contributed by atoms with Crippen LogP contribution in [-0.2, 0) is 0 Å². The summed E-state index contributed by atoms with van der Waals surface area (Å²) in [5.41, 5.74) is 4.41. The molecule has 0 amide bonds. The molecule has 0 aliphatic heterocycles. The Bertz CT molecular complexity index is 497. The Morgan fingerprint density at radius 2 is 1.65 bits per heavy atom. The summed E-state index contributed by atoms with van der Waals surface area (Å²) in [6.07, 6.45) is 1.99. The van der Waals surface area contributed by atoms with Crippen molar-refractivity contribution in [3.8, 4) is 11.3 Å². The molecule has 0 saturated carbocycles. The van der Waals surface area contributed by atoms with Gasteiger partial charge in [-0.05, 0) is 26.2 Å². The zero-order chi connectivity index (χ0) is 11.5. The number of benzene rings is 1. The van der Waals surface area contributed by atoms with Gasteiger partial charge in [0.15, 0.2) is 5.16 Å². The summed E-state index contributed by atoms with van der Waals surface area (Å²) in [4.78, 5) is 8.85. The summed E-state index contributed by atoms with van der Waals surface area (Å²) >= 11 is 1.57. The number of aromatic nitrogens is 2. The molecule has 0 N–H and O–H groups in total. The number of hydrogen-bond acceptors (Lipinski definition) is 3. The van der Waals surface area contributed by atoms with Crippen molar-refractivity contribution in [1.82, 2.24) is 9.97 Å². The van der Waals surface area contributed by atoms with Gasteiger partial charge in [0.25, 0.3) is 0 Å². The highest BCUT2D eigenvalue weighted by Crippen LogP contribution is 2.20. The second-order valence-corrected chi connectivity index (χ2v) is 4.52. The van der Waals surface area contributed by atoms with Crippen molar-refractivity contribution in [2.24, 2.45) is 0 Å². The van der Waals surface area contributed by atoms with E-state index in [9.17, 15) is 0 Å². The minimum atomic E-state index is 0. The number of thioether (sulfide) groups is 1. The van der Waals surface area contributed by atoms with Crippen molar-refractivity contribution in [2.45, 2.75) is 19.0 Å². The Balaban J connectivity index is 0.00000144. The van der Waals surface area contributed by atoms with E-state index in [0.29, 0.717) is 0 Å².